The van der Waals surface area contributed by atoms with Gasteiger partial charge in [-0.1, -0.05) is 33.2 Å². The zero-order valence-electron chi connectivity index (χ0n) is 14.7. The third-order valence-corrected chi connectivity index (χ3v) is 4.27. The number of carbonyl (C=O) groups is 1. The number of likely N-dealkylation sites (N-methyl/N-ethyl adjacent to an activating group) is 1. The molecule has 1 heterocycles. The lowest BCUT2D eigenvalue weighted by Gasteiger charge is -2.20. The highest BCUT2D eigenvalue weighted by Gasteiger charge is 2.21. The molecule has 6 nitrogen and oxygen atoms in total. The quantitative estimate of drug-likeness (QED) is 0.585. The number of nitrogens with zero attached hydrogens (tertiary/aromatic N) is 3. The zero-order valence-corrected chi connectivity index (χ0v) is 16.3. The maximum absolute atomic E-state index is 12.9. The van der Waals surface area contributed by atoms with Crippen LogP contribution in [0, 0.1) is 5.82 Å². The molecule has 1 atom stereocenters. The molecule has 27 heavy (non-hydrogen) atoms. The number of hydrogen-bond acceptors (Lipinski definition) is 5. The van der Waals surface area contributed by atoms with E-state index < -0.39 is 6.10 Å². The maximum atomic E-state index is 12.9. The van der Waals surface area contributed by atoms with Gasteiger partial charge >= 0.3 is 0 Å². The molecule has 0 spiro atoms. The number of carbonyl (C=O) groups excluding carboxylic acids is 1. The largest absolute Gasteiger partial charge is 0.481 e. The minimum Gasteiger partial charge on any atom is -0.481 e. The van der Waals surface area contributed by atoms with Crippen molar-refractivity contribution in [3.8, 4) is 17.1 Å². The van der Waals surface area contributed by atoms with Crippen LogP contribution in [-0.2, 0) is 11.3 Å². The van der Waals surface area contributed by atoms with E-state index >= 15 is 0 Å². The van der Waals surface area contributed by atoms with Gasteiger partial charge in [0, 0.05) is 17.1 Å². The summed E-state index contributed by atoms with van der Waals surface area (Å²) >= 11 is 3.40. The maximum Gasteiger partial charge on any atom is 0.263 e. The van der Waals surface area contributed by atoms with Crippen molar-refractivity contribution in [1.29, 1.82) is 0 Å². The summed E-state index contributed by atoms with van der Waals surface area (Å²) in [6.45, 7) is 1.78. The van der Waals surface area contributed by atoms with Gasteiger partial charge in [0.1, 0.15) is 11.6 Å². The molecule has 0 unspecified atom stereocenters. The number of hydrogen-bond donors (Lipinski definition) is 0. The molecule has 0 fully saturated rings. The van der Waals surface area contributed by atoms with Crippen LogP contribution in [0.15, 0.2) is 57.5 Å². The van der Waals surface area contributed by atoms with E-state index in [4.69, 9.17) is 9.26 Å². The van der Waals surface area contributed by atoms with Crippen molar-refractivity contribution >= 4 is 21.8 Å². The molecular formula is C19H17BrFN3O3. The Balaban J connectivity index is 1.61. The lowest BCUT2D eigenvalue weighted by atomic mass is 10.2. The van der Waals surface area contributed by atoms with Crippen molar-refractivity contribution in [3.63, 3.8) is 0 Å². The normalized spacial score (nSPS) is 11.9. The molecule has 0 bridgehead atoms. The number of aromatic nitrogens is 2. The Hall–Kier alpha value is -2.74. The van der Waals surface area contributed by atoms with E-state index in [0.29, 0.717) is 17.5 Å². The average Bonchev–Trinajstić information content (AvgIpc) is 3.11. The van der Waals surface area contributed by atoms with Crippen LogP contribution in [0.2, 0.25) is 0 Å². The van der Waals surface area contributed by atoms with Gasteiger partial charge in [-0.15, -0.1) is 0 Å². The highest BCUT2D eigenvalue weighted by Crippen LogP contribution is 2.21. The molecule has 0 aliphatic carbocycles. The Kier molecular flexibility index (Phi) is 5.85. The lowest BCUT2D eigenvalue weighted by molar-refractivity contribution is -0.137. The molecule has 0 saturated carbocycles. The van der Waals surface area contributed by atoms with E-state index in [2.05, 4.69) is 26.1 Å². The molecule has 0 saturated heterocycles. The van der Waals surface area contributed by atoms with Crippen LogP contribution < -0.4 is 4.74 Å². The zero-order chi connectivity index (χ0) is 19.4. The summed E-state index contributed by atoms with van der Waals surface area (Å²) < 4.78 is 24.6. The summed E-state index contributed by atoms with van der Waals surface area (Å²) in [5, 5.41) is 3.95. The summed E-state index contributed by atoms with van der Waals surface area (Å²) in [4.78, 5) is 18.2. The molecule has 1 aromatic heterocycles. The fourth-order valence-corrected chi connectivity index (χ4v) is 2.82. The summed E-state index contributed by atoms with van der Waals surface area (Å²) in [6.07, 6.45) is -0.743. The van der Waals surface area contributed by atoms with Gasteiger partial charge in [-0.25, -0.2) is 4.39 Å². The van der Waals surface area contributed by atoms with Crippen LogP contribution in [0.5, 0.6) is 5.75 Å². The monoisotopic (exact) mass is 433 g/mol. The molecule has 0 aliphatic heterocycles. The summed E-state index contributed by atoms with van der Waals surface area (Å²) in [7, 11) is 1.62. The minimum absolute atomic E-state index is 0.150. The highest BCUT2D eigenvalue weighted by molar-refractivity contribution is 9.10. The number of halogens is 2. The first kappa shape index (κ1) is 19.0. The van der Waals surface area contributed by atoms with Gasteiger partial charge in [0.2, 0.25) is 11.7 Å². The smallest absolute Gasteiger partial charge is 0.263 e. The Bertz CT molecular complexity index is 930. The standard InChI is InChI=1S/C19H17BrFN3O3/c1-12(26-16-8-6-15(21)7-9-16)19(25)24(2)11-17-22-18(23-27-17)13-4-3-5-14(20)10-13/h3-10,12H,11H2,1-2H3/t12-/m0/s1. The van der Waals surface area contributed by atoms with Gasteiger partial charge in [-0.05, 0) is 43.3 Å². The van der Waals surface area contributed by atoms with E-state index in [9.17, 15) is 9.18 Å². The molecule has 140 valence electrons. The van der Waals surface area contributed by atoms with Gasteiger partial charge in [0.05, 0.1) is 6.54 Å². The fraction of sp³-hybridized carbons (Fsp3) is 0.211. The first-order valence-corrected chi connectivity index (χ1v) is 8.97. The second-order valence-electron chi connectivity index (χ2n) is 5.93. The summed E-state index contributed by atoms with van der Waals surface area (Å²) in [5.41, 5.74) is 0.807. The molecule has 0 radical (unpaired) electrons. The van der Waals surface area contributed by atoms with Crippen LogP contribution in [0.4, 0.5) is 4.39 Å². The van der Waals surface area contributed by atoms with Crippen molar-refractivity contribution in [2.24, 2.45) is 0 Å². The van der Waals surface area contributed by atoms with Gasteiger partial charge in [0.15, 0.2) is 6.10 Å². The second-order valence-corrected chi connectivity index (χ2v) is 6.85. The van der Waals surface area contributed by atoms with Crippen LogP contribution in [0.25, 0.3) is 11.4 Å². The Morgan fingerprint density at radius 2 is 2.04 bits per heavy atom. The van der Waals surface area contributed by atoms with Crippen LogP contribution in [0.1, 0.15) is 12.8 Å². The first-order valence-electron chi connectivity index (χ1n) is 8.18. The third kappa shape index (κ3) is 4.91. The molecule has 3 aromatic rings. The van der Waals surface area contributed by atoms with Gasteiger partial charge in [-0.3, -0.25) is 4.79 Å². The second kappa shape index (κ2) is 8.30. The molecule has 8 heteroatoms. The number of rotatable bonds is 6. The van der Waals surface area contributed by atoms with Crippen molar-refractivity contribution in [2.45, 2.75) is 19.6 Å². The summed E-state index contributed by atoms with van der Waals surface area (Å²) in [5.74, 6) is 0.551. The first-order chi connectivity index (χ1) is 12.9. The molecule has 0 N–H and O–H groups in total. The Morgan fingerprint density at radius 1 is 1.30 bits per heavy atom. The van der Waals surface area contributed by atoms with Crippen molar-refractivity contribution in [3.05, 3.63) is 64.7 Å². The molecular weight excluding hydrogens is 417 g/mol. The van der Waals surface area contributed by atoms with Crippen LogP contribution in [0.3, 0.4) is 0 Å². The molecule has 3 rings (SSSR count). The van der Waals surface area contributed by atoms with E-state index in [0.717, 1.165) is 10.0 Å². The van der Waals surface area contributed by atoms with Crippen LogP contribution >= 0.6 is 15.9 Å². The van der Waals surface area contributed by atoms with Crippen LogP contribution in [-0.4, -0.2) is 34.1 Å². The SMILES string of the molecule is C[C@H](Oc1ccc(F)cc1)C(=O)N(C)Cc1nc(-c2cccc(Br)c2)no1. The van der Waals surface area contributed by atoms with E-state index in [-0.39, 0.29) is 18.3 Å². The Morgan fingerprint density at radius 3 is 2.74 bits per heavy atom. The fourth-order valence-electron chi connectivity index (χ4n) is 2.42. The number of amides is 1. The van der Waals surface area contributed by atoms with Crippen molar-refractivity contribution in [2.75, 3.05) is 7.05 Å². The number of ether oxygens (including phenoxy) is 1. The van der Waals surface area contributed by atoms with Gasteiger partial charge in [0.25, 0.3) is 5.91 Å². The van der Waals surface area contributed by atoms with Gasteiger partial charge in [-0.2, -0.15) is 4.98 Å². The van der Waals surface area contributed by atoms with Crippen molar-refractivity contribution in [1.82, 2.24) is 15.0 Å². The van der Waals surface area contributed by atoms with E-state index in [1.165, 1.54) is 29.2 Å². The minimum atomic E-state index is -0.743. The van der Waals surface area contributed by atoms with Gasteiger partial charge < -0.3 is 14.2 Å². The topological polar surface area (TPSA) is 68.5 Å². The van der Waals surface area contributed by atoms with E-state index in [1.807, 2.05) is 24.3 Å². The lowest BCUT2D eigenvalue weighted by Crippen LogP contribution is -2.37. The molecule has 1 amide bonds. The predicted molar refractivity (Wildman–Crippen MR) is 100 cm³/mol. The highest BCUT2D eigenvalue weighted by atomic mass is 79.9. The predicted octanol–water partition coefficient (Wildman–Crippen LogP) is 4.06. The Labute approximate surface area is 164 Å². The third-order valence-electron chi connectivity index (χ3n) is 3.77. The van der Waals surface area contributed by atoms with E-state index in [1.54, 1.807) is 14.0 Å². The number of benzene rings is 2. The van der Waals surface area contributed by atoms with Crippen molar-refractivity contribution < 1.29 is 18.4 Å². The molecule has 2 aromatic carbocycles. The summed E-state index contributed by atoms with van der Waals surface area (Å²) in [6, 6.07) is 13.0. The molecule has 0 aliphatic rings. The average molecular weight is 434 g/mol.